The van der Waals surface area contributed by atoms with Gasteiger partial charge in [0.25, 0.3) is 0 Å². The van der Waals surface area contributed by atoms with Gasteiger partial charge < -0.3 is 5.32 Å². The zero-order chi connectivity index (χ0) is 13.2. The van der Waals surface area contributed by atoms with Crippen molar-refractivity contribution < 1.29 is 12.8 Å². The second-order valence-electron chi connectivity index (χ2n) is 4.83. The van der Waals surface area contributed by atoms with E-state index in [0.717, 1.165) is 24.0 Å². The largest absolute Gasteiger partial charge is 0.311 e. The Morgan fingerprint density at radius 3 is 2.83 bits per heavy atom. The van der Waals surface area contributed by atoms with Crippen LogP contribution < -0.4 is 5.32 Å². The molecule has 100 valence electrons. The van der Waals surface area contributed by atoms with E-state index in [4.69, 9.17) is 0 Å². The number of rotatable bonds is 4. The summed E-state index contributed by atoms with van der Waals surface area (Å²) in [4.78, 5) is 0. The average Bonchev–Trinajstić information content (AvgIpc) is 2.61. The lowest BCUT2D eigenvalue weighted by molar-refractivity contribution is 0.573. The maximum atomic E-state index is 12.9. The lowest BCUT2D eigenvalue weighted by Gasteiger charge is -2.12. The van der Waals surface area contributed by atoms with Gasteiger partial charge in [0.1, 0.15) is 5.82 Å². The topological polar surface area (TPSA) is 46.2 Å². The van der Waals surface area contributed by atoms with Crippen LogP contribution in [0.1, 0.15) is 24.0 Å². The Hall–Kier alpha value is -0.940. The fraction of sp³-hybridized carbons (Fsp3) is 0.538. The molecule has 1 atom stereocenters. The molecule has 5 heteroatoms. The van der Waals surface area contributed by atoms with E-state index in [9.17, 15) is 12.8 Å². The van der Waals surface area contributed by atoms with E-state index < -0.39 is 9.84 Å². The molecule has 1 aromatic carbocycles. The van der Waals surface area contributed by atoms with Crippen LogP contribution in [-0.4, -0.2) is 26.0 Å². The normalized spacial score (nSPS) is 22.2. The molecule has 0 saturated carbocycles. The van der Waals surface area contributed by atoms with E-state index >= 15 is 0 Å². The third-order valence-corrected chi connectivity index (χ3v) is 5.73. The Bertz CT molecular complexity index is 528. The fourth-order valence-electron chi connectivity index (χ4n) is 2.31. The molecular weight excluding hydrogens is 253 g/mol. The molecule has 1 saturated heterocycles. The van der Waals surface area contributed by atoms with E-state index in [-0.39, 0.29) is 11.1 Å². The zero-order valence-electron chi connectivity index (χ0n) is 10.4. The summed E-state index contributed by atoms with van der Waals surface area (Å²) in [7, 11) is -2.88. The monoisotopic (exact) mass is 271 g/mol. The molecule has 0 aromatic heterocycles. The van der Waals surface area contributed by atoms with Crippen molar-refractivity contribution in [1.82, 2.24) is 5.32 Å². The molecule has 0 amide bonds. The molecule has 0 spiro atoms. The highest BCUT2D eigenvalue weighted by molar-refractivity contribution is 7.92. The number of hydrogen-bond donors (Lipinski definition) is 1. The van der Waals surface area contributed by atoms with Crippen molar-refractivity contribution in [3.8, 4) is 0 Å². The van der Waals surface area contributed by atoms with E-state index in [1.165, 1.54) is 12.1 Å². The van der Waals surface area contributed by atoms with E-state index in [1.807, 2.05) is 6.92 Å². The van der Waals surface area contributed by atoms with Gasteiger partial charge in [-0.25, -0.2) is 12.8 Å². The van der Waals surface area contributed by atoms with Crippen LogP contribution in [-0.2, 0) is 16.4 Å². The Kier molecular flexibility index (Phi) is 4.02. The Morgan fingerprint density at radius 1 is 1.44 bits per heavy atom. The van der Waals surface area contributed by atoms with Crippen molar-refractivity contribution in [2.24, 2.45) is 0 Å². The molecule has 1 N–H and O–H groups in total. The van der Waals surface area contributed by atoms with Crippen molar-refractivity contribution in [3.05, 3.63) is 35.1 Å². The second kappa shape index (κ2) is 5.36. The van der Waals surface area contributed by atoms with Gasteiger partial charge in [0.05, 0.1) is 11.0 Å². The molecule has 0 aliphatic carbocycles. The smallest absolute Gasteiger partial charge is 0.154 e. The highest BCUT2D eigenvalue weighted by Crippen LogP contribution is 2.19. The standard InChI is InChI=1S/C13H18FNO2S/c1-10-7-12(14)5-4-11(10)8-15-9-13-3-2-6-18(13,16)17/h4-5,7,13,15H,2-3,6,8-9H2,1H3. The number of halogens is 1. The quantitative estimate of drug-likeness (QED) is 0.908. The third-order valence-electron chi connectivity index (χ3n) is 3.45. The molecule has 0 bridgehead atoms. The number of benzene rings is 1. The minimum absolute atomic E-state index is 0.241. The molecule has 1 fully saturated rings. The summed E-state index contributed by atoms with van der Waals surface area (Å²) in [6.45, 7) is 2.92. The Morgan fingerprint density at radius 2 is 2.22 bits per heavy atom. The molecular formula is C13H18FNO2S. The van der Waals surface area contributed by atoms with Gasteiger partial charge in [-0.05, 0) is 43.0 Å². The molecule has 0 radical (unpaired) electrons. The molecule has 1 aliphatic heterocycles. The second-order valence-corrected chi connectivity index (χ2v) is 7.23. The van der Waals surface area contributed by atoms with Crippen LogP contribution >= 0.6 is 0 Å². The third kappa shape index (κ3) is 3.09. The first kappa shape index (κ1) is 13.5. The van der Waals surface area contributed by atoms with Crippen molar-refractivity contribution in [2.45, 2.75) is 31.6 Å². The first-order valence-electron chi connectivity index (χ1n) is 6.16. The molecule has 1 aromatic rings. The van der Waals surface area contributed by atoms with Gasteiger partial charge >= 0.3 is 0 Å². The Labute approximate surface area is 107 Å². The molecule has 1 heterocycles. The molecule has 1 aliphatic rings. The van der Waals surface area contributed by atoms with E-state index in [0.29, 0.717) is 18.8 Å². The van der Waals surface area contributed by atoms with Crippen LogP contribution in [0.15, 0.2) is 18.2 Å². The predicted octanol–water partition coefficient (Wildman–Crippen LogP) is 1.80. The van der Waals surface area contributed by atoms with Crippen LogP contribution in [0, 0.1) is 12.7 Å². The van der Waals surface area contributed by atoms with Crippen LogP contribution in [0.5, 0.6) is 0 Å². The number of hydrogen-bond acceptors (Lipinski definition) is 3. The molecule has 2 rings (SSSR count). The summed E-state index contributed by atoms with van der Waals surface area (Å²) in [5.74, 6) is 0.0733. The predicted molar refractivity (Wildman–Crippen MR) is 69.7 cm³/mol. The summed E-state index contributed by atoms with van der Waals surface area (Å²) in [5, 5.41) is 2.91. The highest BCUT2D eigenvalue weighted by Gasteiger charge is 2.30. The van der Waals surface area contributed by atoms with Gasteiger partial charge in [-0.2, -0.15) is 0 Å². The van der Waals surface area contributed by atoms with Gasteiger partial charge in [0, 0.05) is 13.1 Å². The van der Waals surface area contributed by atoms with Crippen molar-refractivity contribution in [1.29, 1.82) is 0 Å². The summed E-state index contributed by atoms with van der Waals surface area (Å²) in [6.07, 6.45) is 1.52. The highest BCUT2D eigenvalue weighted by atomic mass is 32.2. The summed E-state index contributed by atoms with van der Waals surface area (Å²) in [5.41, 5.74) is 1.89. The van der Waals surface area contributed by atoms with Crippen LogP contribution in [0.3, 0.4) is 0 Å². The van der Waals surface area contributed by atoms with Crippen molar-refractivity contribution >= 4 is 9.84 Å². The minimum Gasteiger partial charge on any atom is -0.311 e. The first-order valence-corrected chi connectivity index (χ1v) is 7.88. The van der Waals surface area contributed by atoms with Gasteiger partial charge in [-0.1, -0.05) is 6.07 Å². The number of nitrogens with one attached hydrogen (secondary N) is 1. The van der Waals surface area contributed by atoms with Crippen LogP contribution in [0.25, 0.3) is 0 Å². The van der Waals surface area contributed by atoms with Crippen LogP contribution in [0.2, 0.25) is 0 Å². The van der Waals surface area contributed by atoms with Gasteiger partial charge in [0.15, 0.2) is 9.84 Å². The van der Waals surface area contributed by atoms with Gasteiger partial charge in [0.2, 0.25) is 0 Å². The minimum atomic E-state index is -2.88. The summed E-state index contributed by atoms with van der Waals surface area (Å²) in [6, 6.07) is 4.65. The van der Waals surface area contributed by atoms with Gasteiger partial charge in [-0.3, -0.25) is 0 Å². The molecule has 3 nitrogen and oxygen atoms in total. The van der Waals surface area contributed by atoms with E-state index in [2.05, 4.69) is 5.32 Å². The Balaban J connectivity index is 1.89. The van der Waals surface area contributed by atoms with Crippen molar-refractivity contribution in [2.75, 3.05) is 12.3 Å². The molecule has 18 heavy (non-hydrogen) atoms. The summed E-state index contributed by atoms with van der Waals surface area (Å²) >= 11 is 0. The number of aryl methyl sites for hydroxylation is 1. The van der Waals surface area contributed by atoms with Crippen molar-refractivity contribution in [3.63, 3.8) is 0 Å². The number of sulfone groups is 1. The lowest BCUT2D eigenvalue weighted by atomic mass is 10.1. The molecule has 1 unspecified atom stereocenters. The summed E-state index contributed by atoms with van der Waals surface area (Å²) < 4.78 is 36.2. The lowest BCUT2D eigenvalue weighted by Crippen LogP contribution is -2.30. The van der Waals surface area contributed by atoms with E-state index in [1.54, 1.807) is 6.07 Å². The SMILES string of the molecule is Cc1cc(F)ccc1CNCC1CCCS1(=O)=O. The van der Waals surface area contributed by atoms with Crippen LogP contribution in [0.4, 0.5) is 4.39 Å². The van der Waals surface area contributed by atoms with Gasteiger partial charge in [-0.15, -0.1) is 0 Å². The fourth-order valence-corrected chi connectivity index (χ4v) is 4.11. The first-order chi connectivity index (χ1) is 8.49. The maximum absolute atomic E-state index is 12.9. The average molecular weight is 271 g/mol. The zero-order valence-corrected chi connectivity index (χ0v) is 11.3. The maximum Gasteiger partial charge on any atom is 0.154 e.